The van der Waals surface area contributed by atoms with Gasteiger partial charge in [0, 0.05) is 24.2 Å². The van der Waals surface area contributed by atoms with Crippen LogP contribution in [0.2, 0.25) is 0 Å². The van der Waals surface area contributed by atoms with Gasteiger partial charge in [-0.3, -0.25) is 4.79 Å². The second kappa shape index (κ2) is 4.69. The number of rotatable bonds is 4. The Morgan fingerprint density at radius 1 is 1.64 bits per heavy atom. The number of aromatic nitrogens is 2. The first-order valence-electron chi connectivity index (χ1n) is 4.67. The zero-order chi connectivity index (χ0) is 10.6. The Kier molecular flexibility index (Phi) is 3.56. The van der Waals surface area contributed by atoms with Gasteiger partial charge in [0.15, 0.2) is 0 Å². The van der Waals surface area contributed by atoms with Gasteiger partial charge in [0.25, 0.3) is 0 Å². The number of carboxylic acid groups (broad SMARTS) is 1. The highest BCUT2D eigenvalue weighted by Gasteiger charge is 2.11. The van der Waals surface area contributed by atoms with Crippen molar-refractivity contribution in [3.05, 3.63) is 23.8 Å². The number of carboxylic acids is 1. The van der Waals surface area contributed by atoms with Crippen LogP contribution in [-0.4, -0.2) is 21.0 Å². The van der Waals surface area contributed by atoms with Crippen molar-refractivity contribution in [1.82, 2.24) is 9.97 Å². The van der Waals surface area contributed by atoms with Gasteiger partial charge in [-0.15, -0.1) is 0 Å². The van der Waals surface area contributed by atoms with E-state index >= 15 is 0 Å². The molecule has 4 nitrogen and oxygen atoms in total. The normalized spacial score (nSPS) is 12.4. The molecule has 0 aromatic carbocycles. The van der Waals surface area contributed by atoms with Crippen molar-refractivity contribution in [2.45, 2.75) is 32.6 Å². The topological polar surface area (TPSA) is 63.1 Å². The molecule has 0 saturated carbocycles. The molecular weight excluding hydrogens is 180 g/mol. The monoisotopic (exact) mass is 194 g/mol. The number of carbonyl (C=O) groups is 1. The minimum absolute atomic E-state index is 0.0548. The molecule has 0 aliphatic rings. The van der Waals surface area contributed by atoms with E-state index in [1.807, 2.05) is 13.8 Å². The number of hydrogen-bond donors (Lipinski definition) is 1. The van der Waals surface area contributed by atoms with Gasteiger partial charge in [-0.1, -0.05) is 13.8 Å². The number of aliphatic carboxylic acids is 1. The lowest BCUT2D eigenvalue weighted by Crippen LogP contribution is -2.06. The molecule has 1 rings (SSSR count). The average molecular weight is 194 g/mol. The molecule has 0 saturated heterocycles. The third-order valence-corrected chi connectivity index (χ3v) is 2.03. The van der Waals surface area contributed by atoms with Crippen molar-refractivity contribution in [3.8, 4) is 0 Å². The quantitative estimate of drug-likeness (QED) is 0.791. The van der Waals surface area contributed by atoms with E-state index in [1.54, 1.807) is 12.3 Å². The Morgan fingerprint density at radius 3 is 2.93 bits per heavy atom. The molecule has 1 unspecified atom stereocenters. The van der Waals surface area contributed by atoms with Crippen molar-refractivity contribution in [2.24, 2.45) is 0 Å². The maximum Gasteiger partial charge on any atom is 0.304 e. The Morgan fingerprint density at radius 2 is 2.36 bits per heavy atom. The number of hydrogen-bond acceptors (Lipinski definition) is 3. The van der Waals surface area contributed by atoms with Crippen LogP contribution in [0.25, 0.3) is 0 Å². The summed E-state index contributed by atoms with van der Waals surface area (Å²) < 4.78 is 0. The van der Waals surface area contributed by atoms with Crippen molar-refractivity contribution >= 4 is 5.97 Å². The molecule has 0 aliphatic carbocycles. The lowest BCUT2D eigenvalue weighted by Gasteiger charge is -2.08. The van der Waals surface area contributed by atoms with Gasteiger partial charge >= 0.3 is 5.97 Å². The maximum atomic E-state index is 10.5. The van der Waals surface area contributed by atoms with Gasteiger partial charge in [-0.05, 0) is 6.07 Å². The molecule has 0 spiro atoms. The SMILES string of the molecule is CCc1nccc(C(C)CC(=O)O)n1. The minimum atomic E-state index is -0.797. The fourth-order valence-electron chi connectivity index (χ4n) is 1.23. The van der Waals surface area contributed by atoms with E-state index in [0.29, 0.717) is 0 Å². The van der Waals surface area contributed by atoms with Crippen molar-refractivity contribution < 1.29 is 9.90 Å². The van der Waals surface area contributed by atoms with Crippen LogP contribution in [0.5, 0.6) is 0 Å². The van der Waals surface area contributed by atoms with Crippen molar-refractivity contribution in [1.29, 1.82) is 0 Å². The summed E-state index contributed by atoms with van der Waals surface area (Å²) in [5, 5.41) is 8.63. The molecule has 1 heterocycles. The first kappa shape index (κ1) is 10.6. The largest absolute Gasteiger partial charge is 0.481 e. The minimum Gasteiger partial charge on any atom is -0.481 e. The number of nitrogens with zero attached hydrogens (tertiary/aromatic N) is 2. The summed E-state index contributed by atoms with van der Waals surface area (Å²) in [4.78, 5) is 18.8. The molecule has 76 valence electrons. The van der Waals surface area contributed by atoms with Gasteiger partial charge in [-0.25, -0.2) is 9.97 Å². The Labute approximate surface area is 83.0 Å². The highest BCUT2D eigenvalue weighted by atomic mass is 16.4. The van der Waals surface area contributed by atoms with Crippen LogP contribution >= 0.6 is 0 Å². The Bertz CT molecular complexity index is 326. The highest BCUT2D eigenvalue weighted by molar-refractivity contribution is 5.67. The van der Waals surface area contributed by atoms with Crippen LogP contribution in [0, 0.1) is 0 Å². The molecule has 14 heavy (non-hydrogen) atoms. The predicted octanol–water partition coefficient (Wildman–Crippen LogP) is 1.62. The average Bonchev–Trinajstić information content (AvgIpc) is 2.17. The third kappa shape index (κ3) is 2.80. The smallest absolute Gasteiger partial charge is 0.304 e. The fourth-order valence-corrected chi connectivity index (χ4v) is 1.23. The fraction of sp³-hybridized carbons (Fsp3) is 0.500. The molecule has 0 aliphatic heterocycles. The summed E-state index contributed by atoms with van der Waals surface area (Å²) in [5.41, 5.74) is 0.805. The molecule has 1 aromatic heterocycles. The van der Waals surface area contributed by atoms with Crippen LogP contribution in [-0.2, 0) is 11.2 Å². The molecule has 0 bridgehead atoms. The van der Waals surface area contributed by atoms with E-state index in [9.17, 15) is 4.79 Å². The summed E-state index contributed by atoms with van der Waals surface area (Å²) in [6.07, 6.45) is 2.56. The summed E-state index contributed by atoms with van der Waals surface area (Å²) in [6.45, 7) is 3.83. The molecule has 1 atom stereocenters. The van der Waals surface area contributed by atoms with E-state index < -0.39 is 5.97 Å². The predicted molar refractivity (Wildman–Crippen MR) is 52.1 cm³/mol. The molecule has 0 radical (unpaired) electrons. The zero-order valence-electron chi connectivity index (χ0n) is 8.40. The van der Waals surface area contributed by atoms with Gasteiger partial charge in [-0.2, -0.15) is 0 Å². The van der Waals surface area contributed by atoms with Crippen LogP contribution in [0.3, 0.4) is 0 Å². The Hall–Kier alpha value is -1.45. The molecule has 1 N–H and O–H groups in total. The van der Waals surface area contributed by atoms with E-state index in [-0.39, 0.29) is 12.3 Å². The lowest BCUT2D eigenvalue weighted by atomic mass is 10.0. The second-order valence-corrected chi connectivity index (χ2v) is 3.25. The van der Waals surface area contributed by atoms with E-state index in [2.05, 4.69) is 9.97 Å². The zero-order valence-corrected chi connectivity index (χ0v) is 8.40. The second-order valence-electron chi connectivity index (χ2n) is 3.25. The summed E-state index contributed by atoms with van der Waals surface area (Å²) in [7, 11) is 0. The molecule has 1 aromatic rings. The summed E-state index contributed by atoms with van der Waals surface area (Å²) >= 11 is 0. The van der Waals surface area contributed by atoms with Gasteiger partial charge in [0.05, 0.1) is 6.42 Å². The highest BCUT2D eigenvalue weighted by Crippen LogP contribution is 2.15. The summed E-state index contributed by atoms with van der Waals surface area (Å²) in [6, 6.07) is 1.77. The van der Waals surface area contributed by atoms with Crippen LogP contribution < -0.4 is 0 Å². The lowest BCUT2D eigenvalue weighted by molar-refractivity contribution is -0.137. The van der Waals surface area contributed by atoms with E-state index in [0.717, 1.165) is 17.9 Å². The van der Waals surface area contributed by atoms with Gasteiger partial charge in [0.2, 0.25) is 0 Å². The number of aryl methyl sites for hydroxylation is 1. The van der Waals surface area contributed by atoms with E-state index in [1.165, 1.54) is 0 Å². The molecule has 4 heteroatoms. The van der Waals surface area contributed by atoms with Crippen LogP contribution in [0.4, 0.5) is 0 Å². The summed E-state index contributed by atoms with van der Waals surface area (Å²) in [5.74, 6) is -0.0882. The van der Waals surface area contributed by atoms with Crippen molar-refractivity contribution in [3.63, 3.8) is 0 Å². The molecule has 0 amide bonds. The molecular formula is C10H14N2O2. The van der Waals surface area contributed by atoms with Gasteiger partial charge < -0.3 is 5.11 Å². The van der Waals surface area contributed by atoms with Crippen LogP contribution in [0.1, 0.15) is 37.7 Å². The first-order chi connectivity index (χ1) is 6.63. The standard InChI is InChI=1S/C10H14N2O2/c1-3-9-11-5-4-8(12-9)7(2)6-10(13)14/h4-5,7H,3,6H2,1-2H3,(H,13,14). The first-order valence-corrected chi connectivity index (χ1v) is 4.67. The maximum absolute atomic E-state index is 10.5. The van der Waals surface area contributed by atoms with Crippen LogP contribution in [0.15, 0.2) is 12.3 Å². The van der Waals surface area contributed by atoms with Gasteiger partial charge in [0.1, 0.15) is 5.82 Å². The Balaban J connectivity index is 2.78. The third-order valence-electron chi connectivity index (χ3n) is 2.03. The van der Waals surface area contributed by atoms with Crippen molar-refractivity contribution in [2.75, 3.05) is 0 Å². The molecule has 0 fully saturated rings. The van der Waals surface area contributed by atoms with E-state index in [4.69, 9.17) is 5.11 Å².